The predicted octanol–water partition coefficient (Wildman–Crippen LogP) is 3.98. The third-order valence-corrected chi connectivity index (χ3v) is 5.37. The summed E-state index contributed by atoms with van der Waals surface area (Å²) in [7, 11) is 1.40. The van der Waals surface area contributed by atoms with Gasteiger partial charge in [0.15, 0.2) is 23.0 Å². The van der Waals surface area contributed by atoms with Gasteiger partial charge < -0.3 is 19.3 Å². The van der Waals surface area contributed by atoms with Gasteiger partial charge in [0.25, 0.3) is 11.8 Å². The van der Waals surface area contributed by atoms with Crippen molar-refractivity contribution in [2.45, 2.75) is 33.2 Å². The van der Waals surface area contributed by atoms with E-state index in [1.54, 1.807) is 30.3 Å². The fourth-order valence-electron chi connectivity index (χ4n) is 3.68. The average Bonchev–Trinajstić information content (AvgIpc) is 2.86. The van der Waals surface area contributed by atoms with Crippen LogP contribution >= 0.6 is 0 Å². The molecule has 2 N–H and O–H groups in total. The zero-order valence-electron chi connectivity index (χ0n) is 20.6. The number of methoxy groups -OCH3 is 1. The topological polar surface area (TPSA) is 114 Å². The average molecular weight is 495 g/mol. The lowest BCUT2D eigenvalue weighted by atomic mass is 10.0. The van der Waals surface area contributed by atoms with Crippen LogP contribution in [0.3, 0.4) is 0 Å². The van der Waals surface area contributed by atoms with Crippen LogP contribution in [0.25, 0.3) is 6.08 Å². The molecule has 1 fully saturated rings. The van der Waals surface area contributed by atoms with Gasteiger partial charge in [-0.1, -0.05) is 19.1 Å². The van der Waals surface area contributed by atoms with Gasteiger partial charge in [-0.05, 0) is 61.2 Å². The standard InChI is InChI=1S/C27H30N2O7/c1-5-8-19-12-18(15-23(34-4)24(19)30)13-20-25(31)28-27(33)29(26(20)32)16-17-9-10-21(36-11-6-2)22(14-17)35-7-3/h5,9-10,12-15,30H,1,6-8,11,16H2,2-4H3,(H,28,31,33)/b20-13+. The second-order valence-corrected chi connectivity index (χ2v) is 7.99. The molecule has 0 spiro atoms. The number of rotatable bonds is 11. The molecular weight excluding hydrogens is 464 g/mol. The number of benzene rings is 2. The number of nitrogens with zero attached hydrogens (tertiary/aromatic N) is 1. The quantitative estimate of drug-likeness (QED) is 0.276. The lowest BCUT2D eigenvalue weighted by molar-refractivity contribution is -0.130. The van der Waals surface area contributed by atoms with E-state index in [2.05, 4.69) is 11.9 Å². The number of hydrogen-bond donors (Lipinski definition) is 2. The van der Waals surface area contributed by atoms with Crippen molar-refractivity contribution in [3.63, 3.8) is 0 Å². The molecule has 0 aromatic heterocycles. The van der Waals surface area contributed by atoms with Crippen molar-refractivity contribution < 1.29 is 33.7 Å². The summed E-state index contributed by atoms with van der Waals surface area (Å²) < 4.78 is 16.6. The van der Waals surface area contributed by atoms with E-state index in [1.165, 1.54) is 19.3 Å². The summed E-state index contributed by atoms with van der Waals surface area (Å²) in [6, 6.07) is 7.48. The van der Waals surface area contributed by atoms with Gasteiger partial charge in [-0.15, -0.1) is 6.58 Å². The molecular formula is C27H30N2O7. The van der Waals surface area contributed by atoms with Crippen molar-refractivity contribution in [1.82, 2.24) is 10.2 Å². The Balaban J connectivity index is 1.92. The molecule has 0 saturated carbocycles. The summed E-state index contributed by atoms with van der Waals surface area (Å²) in [5, 5.41) is 12.5. The molecule has 1 aliphatic heterocycles. The van der Waals surface area contributed by atoms with E-state index in [1.807, 2.05) is 13.8 Å². The van der Waals surface area contributed by atoms with E-state index in [9.17, 15) is 19.5 Å². The summed E-state index contributed by atoms with van der Waals surface area (Å²) in [6.45, 7) is 8.38. The van der Waals surface area contributed by atoms with Crippen molar-refractivity contribution in [1.29, 1.82) is 0 Å². The summed E-state index contributed by atoms with van der Waals surface area (Å²) in [5.41, 5.74) is 1.37. The first-order valence-electron chi connectivity index (χ1n) is 11.6. The largest absolute Gasteiger partial charge is 0.504 e. The maximum Gasteiger partial charge on any atom is 0.331 e. The smallest absolute Gasteiger partial charge is 0.331 e. The number of phenolic OH excluding ortho intramolecular Hbond substituents is 1. The third-order valence-electron chi connectivity index (χ3n) is 5.37. The number of urea groups is 1. The van der Waals surface area contributed by atoms with Gasteiger partial charge in [0.05, 0.1) is 26.9 Å². The molecule has 0 atom stereocenters. The Morgan fingerprint density at radius 3 is 2.50 bits per heavy atom. The molecule has 36 heavy (non-hydrogen) atoms. The fourth-order valence-corrected chi connectivity index (χ4v) is 3.68. The van der Waals surface area contributed by atoms with Crippen molar-refractivity contribution >= 4 is 23.9 Å². The van der Waals surface area contributed by atoms with Crippen molar-refractivity contribution in [2.75, 3.05) is 20.3 Å². The minimum atomic E-state index is -0.818. The molecule has 0 radical (unpaired) electrons. The molecule has 4 amide bonds. The normalized spacial score (nSPS) is 14.6. The summed E-state index contributed by atoms with van der Waals surface area (Å²) >= 11 is 0. The molecule has 190 valence electrons. The van der Waals surface area contributed by atoms with Gasteiger partial charge >= 0.3 is 6.03 Å². The van der Waals surface area contributed by atoms with Crippen molar-refractivity contribution in [3.8, 4) is 23.0 Å². The first kappa shape index (κ1) is 26.3. The number of hydrogen-bond acceptors (Lipinski definition) is 7. The first-order chi connectivity index (χ1) is 17.3. The van der Waals surface area contributed by atoms with Crippen LogP contribution in [0.2, 0.25) is 0 Å². The molecule has 2 aromatic carbocycles. The monoisotopic (exact) mass is 494 g/mol. The molecule has 2 aromatic rings. The Hall–Kier alpha value is -4.27. The zero-order chi connectivity index (χ0) is 26.2. The van der Waals surface area contributed by atoms with E-state index in [4.69, 9.17) is 14.2 Å². The van der Waals surface area contributed by atoms with Crippen LogP contribution in [0.4, 0.5) is 4.79 Å². The number of phenols is 1. The first-order valence-corrected chi connectivity index (χ1v) is 11.6. The van der Waals surface area contributed by atoms with E-state index in [-0.39, 0.29) is 23.6 Å². The number of barbiturate groups is 1. The molecule has 1 aliphatic rings. The Labute approximate surface area is 210 Å². The zero-order valence-corrected chi connectivity index (χ0v) is 20.6. The second-order valence-electron chi connectivity index (χ2n) is 7.99. The Kier molecular flexibility index (Phi) is 8.72. The molecule has 9 nitrogen and oxygen atoms in total. The van der Waals surface area contributed by atoms with Crippen LogP contribution in [-0.4, -0.2) is 48.2 Å². The van der Waals surface area contributed by atoms with Crippen LogP contribution in [0.5, 0.6) is 23.0 Å². The van der Waals surface area contributed by atoms with E-state index < -0.39 is 17.8 Å². The second kappa shape index (κ2) is 11.9. The van der Waals surface area contributed by atoms with Gasteiger partial charge in [-0.2, -0.15) is 0 Å². The SMILES string of the molecule is C=CCc1cc(/C=C2\C(=O)NC(=O)N(Cc3ccc(OCCC)c(OCC)c3)C2=O)cc(OC)c1O. The highest BCUT2D eigenvalue weighted by molar-refractivity contribution is 6.31. The van der Waals surface area contributed by atoms with Crippen LogP contribution in [0.15, 0.2) is 48.6 Å². The fraction of sp³-hybridized carbons (Fsp3) is 0.296. The highest BCUT2D eigenvalue weighted by atomic mass is 16.5. The summed E-state index contributed by atoms with van der Waals surface area (Å²) in [6.07, 6.45) is 4.16. The number of imide groups is 2. The minimum Gasteiger partial charge on any atom is -0.504 e. The molecule has 1 saturated heterocycles. The Morgan fingerprint density at radius 1 is 1.06 bits per heavy atom. The maximum atomic E-state index is 13.2. The number of nitrogens with one attached hydrogen (secondary N) is 1. The van der Waals surface area contributed by atoms with E-state index in [0.29, 0.717) is 47.8 Å². The summed E-state index contributed by atoms with van der Waals surface area (Å²) in [4.78, 5) is 39.3. The number of allylic oxidation sites excluding steroid dienone is 1. The molecule has 0 unspecified atom stereocenters. The van der Waals surface area contributed by atoms with E-state index >= 15 is 0 Å². The number of carbonyl (C=O) groups excluding carboxylic acids is 3. The molecule has 9 heteroatoms. The van der Waals surface area contributed by atoms with Crippen LogP contribution in [0.1, 0.15) is 37.0 Å². The molecule has 0 bridgehead atoms. The lowest BCUT2D eigenvalue weighted by Crippen LogP contribution is -2.53. The van der Waals surface area contributed by atoms with Gasteiger partial charge in [-0.3, -0.25) is 19.8 Å². The van der Waals surface area contributed by atoms with Gasteiger partial charge in [0.1, 0.15) is 5.57 Å². The lowest BCUT2D eigenvalue weighted by Gasteiger charge is -2.26. The number of carbonyl (C=O) groups is 3. The number of ether oxygens (including phenoxy) is 3. The van der Waals surface area contributed by atoms with Crippen molar-refractivity contribution in [2.24, 2.45) is 0 Å². The van der Waals surface area contributed by atoms with Gasteiger partial charge in [-0.25, -0.2) is 4.79 Å². The summed E-state index contributed by atoms with van der Waals surface area (Å²) in [5.74, 6) is -0.337. The van der Waals surface area contributed by atoms with Gasteiger partial charge in [0, 0.05) is 5.56 Å². The minimum absolute atomic E-state index is 0.0488. The number of aromatic hydroxyl groups is 1. The van der Waals surface area contributed by atoms with Crippen molar-refractivity contribution in [3.05, 3.63) is 65.3 Å². The van der Waals surface area contributed by atoms with Crippen LogP contribution in [0, 0.1) is 0 Å². The number of amides is 4. The van der Waals surface area contributed by atoms with Gasteiger partial charge in [0.2, 0.25) is 0 Å². The molecule has 3 rings (SSSR count). The van der Waals surface area contributed by atoms with Crippen LogP contribution in [-0.2, 0) is 22.6 Å². The maximum absolute atomic E-state index is 13.2. The molecule has 0 aliphatic carbocycles. The van der Waals surface area contributed by atoms with E-state index in [0.717, 1.165) is 11.3 Å². The molecule has 1 heterocycles. The third kappa shape index (κ3) is 5.86. The Morgan fingerprint density at radius 2 is 1.83 bits per heavy atom. The van der Waals surface area contributed by atoms with Crippen LogP contribution < -0.4 is 19.5 Å². The Bertz CT molecular complexity index is 1200. The highest BCUT2D eigenvalue weighted by Crippen LogP contribution is 2.33. The predicted molar refractivity (Wildman–Crippen MR) is 134 cm³/mol. The highest BCUT2D eigenvalue weighted by Gasteiger charge is 2.36.